The van der Waals surface area contributed by atoms with Crippen LogP contribution in [0.3, 0.4) is 0 Å². The van der Waals surface area contributed by atoms with E-state index in [-0.39, 0.29) is 11.8 Å². The molecular formula is C7H9N5O4. The Bertz CT molecular complexity index is 482. The number of nitro groups is 1. The third kappa shape index (κ3) is 2.32. The summed E-state index contributed by atoms with van der Waals surface area (Å²) < 4.78 is 0. The van der Waals surface area contributed by atoms with E-state index in [0.29, 0.717) is 6.29 Å². The van der Waals surface area contributed by atoms with Crippen LogP contribution < -0.4 is 16.6 Å². The maximum atomic E-state index is 11.2. The van der Waals surface area contributed by atoms with Gasteiger partial charge in [0.15, 0.2) is 0 Å². The molecular weight excluding hydrogens is 218 g/mol. The number of nitrogens with two attached hydrogens (primary N) is 1. The highest BCUT2D eigenvalue weighted by molar-refractivity contribution is 5.66. The van der Waals surface area contributed by atoms with Crippen LogP contribution in [0, 0.1) is 10.1 Å². The summed E-state index contributed by atoms with van der Waals surface area (Å²) >= 11 is 0. The summed E-state index contributed by atoms with van der Waals surface area (Å²) in [4.78, 5) is 36.9. The molecule has 0 aliphatic rings. The average Bonchev–Trinajstić information content (AvgIpc) is 2.15. The molecule has 0 unspecified atom stereocenters. The number of nitrogens with zero attached hydrogens (tertiary/aromatic N) is 2. The number of hydrogen-bond donors (Lipinski definition) is 3. The minimum absolute atomic E-state index is 0.267. The molecule has 1 atom stereocenters. The van der Waals surface area contributed by atoms with Gasteiger partial charge >= 0.3 is 11.2 Å². The molecule has 1 rings (SSSR count). The van der Waals surface area contributed by atoms with Crippen LogP contribution >= 0.6 is 0 Å². The Morgan fingerprint density at radius 3 is 2.81 bits per heavy atom. The van der Waals surface area contributed by atoms with E-state index in [1.165, 1.54) is 6.92 Å². The Labute approximate surface area is 88.8 Å². The van der Waals surface area contributed by atoms with E-state index in [2.05, 4.69) is 10.3 Å². The van der Waals surface area contributed by atoms with Gasteiger partial charge in [0.2, 0.25) is 11.8 Å². The van der Waals surface area contributed by atoms with Crippen LogP contribution in [0.25, 0.3) is 0 Å². The zero-order chi connectivity index (χ0) is 12.3. The monoisotopic (exact) mass is 227 g/mol. The van der Waals surface area contributed by atoms with Gasteiger partial charge in [-0.2, -0.15) is 4.98 Å². The predicted octanol–water partition coefficient (Wildman–Crippen LogP) is -0.740. The molecule has 16 heavy (non-hydrogen) atoms. The molecule has 0 radical (unpaired) electrons. The van der Waals surface area contributed by atoms with Crippen molar-refractivity contribution in [2.45, 2.75) is 13.0 Å². The molecule has 0 aliphatic carbocycles. The normalized spacial score (nSPS) is 11.8. The van der Waals surface area contributed by atoms with Gasteiger partial charge in [-0.25, -0.2) is 0 Å². The fourth-order valence-electron chi connectivity index (χ4n) is 1.00. The van der Waals surface area contributed by atoms with Crippen molar-refractivity contribution in [3.63, 3.8) is 0 Å². The standard InChI is InChI=1S/C7H9N5O4/c1-3(2-13)9-5-4(12(15)16)6(14)11-7(8)10-5/h2-3H,1H3,(H4,8,9,10,11,14)/t3-/m1/s1. The van der Waals surface area contributed by atoms with Gasteiger partial charge in [0.05, 0.1) is 11.0 Å². The summed E-state index contributed by atoms with van der Waals surface area (Å²) in [6.45, 7) is 1.45. The van der Waals surface area contributed by atoms with Crippen molar-refractivity contribution in [2.24, 2.45) is 0 Å². The molecule has 0 bridgehead atoms. The number of nitrogens with one attached hydrogen (secondary N) is 2. The Hall–Kier alpha value is -2.45. The van der Waals surface area contributed by atoms with Crippen LogP contribution in [-0.2, 0) is 4.79 Å². The van der Waals surface area contributed by atoms with E-state index in [0.717, 1.165) is 0 Å². The maximum Gasteiger partial charge on any atom is 0.375 e. The van der Waals surface area contributed by atoms with Crippen molar-refractivity contribution in [3.8, 4) is 0 Å². The van der Waals surface area contributed by atoms with Gasteiger partial charge in [-0.3, -0.25) is 19.9 Å². The molecule has 0 saturated heterocycles. The second-order valence-corrected chi connectivity index (χ2v) is 2.97. The topological polar surface area (TPSA) is 144 Å². The molecule has 0 aliphatic heterocycles. The van der Waals surface area contributed by atoms with Crippen molar-refractivity contribution >= 4 is 23.7 Å². The number of nitrogen functional groups attached to an aromatic ring is 1. The lowest BCUT2D eigenvalue weighted by atomic mass is 10.3. The lowest BCUT2D eigenvalue weighted by molar-refractivity contribution is -0.385. The van der Waals surface area contributed by atoms with Crippen LogP contribution in [0.15, 0.2) is 4.79 Å². The Kier molecular flexibility index (Phi) is 3.18. The average molecular weight is 227 g/mol. The van der Waals surface area contributed by atoms with Crippen LogP contribution in [0.1, 0.15) is 6.92 Å². The van der Waals surface area contributed by atoms with Crippen molar-refractivity contribution in [3.05, 3.63) is 20.5 Å². The fourth-order valence-corrected chi connectivity index (χ4v) is 1.00. The van der Waals surface area contributed by atoms with Crippen LogP contribution in [-0.4, -0.2) is 27.2 Å². The van der Waals surface area contributed by atoms with E-state index >= 15 is 0 Å². The van der Waals surface area contributed by atoms with E-state index in [9.17, 15) is 19.7 Å². The number of H-pyrrole nitrogens is 1. The summed E-state index contributed by atoms with van der Waals surface area (Å²) in [5.74, 6) is -0.595. The zero-order valence-corrected chi connectivity index (χ0v) is 8.26. The number of hydrogen-bond acceptors (Lipinski definition) is 7. The minimum atomic E-state index is -0.974. The van der Waals surface area contributed by atoms with Crippen molar-refractivity contribution in [2.75, 3.05) is 11.1 Å². The number of carbonyl (C=O) groups excluding carboxylic acids is 1. The Morgan fingerprint density at radius 2 is 2.31 bits per heavy atom. The molecule has 0 fully saturated rings. The summed E-state index contributed by atoms with van der Waals surface area (Å²) in [5, 5.41) is 13.0. The highest BCUT2D eigenvalue weighted by Crippen LogP contribution is 2.17. The Morgan fingerprint density at radius 1 is 1.69 bits per heavy atom. The van der Waals surface area contributed by atoms with Crippen molar-refractivity contribution in [1.29, 1.82) is 0 Å². The van der Waals surface area contributed by atoms with Crippen LogP contribution in [0.4, 0.5) is 17.5 Å². The molecule has 0 saturated carbocycles. The minimum Gasteiger partial charge on any atom is -0.369 e. The summed E-state index contributed by atoms with van der Waals surface area (Å²) in [6.07, 6.45) is 0.517. The van der Waals surface area contributed by atoms with Crippen LogP contribution in [0.2, 0.25) is 0 Å². The number of anilines is 2. The van der Waals surface area contributed by atoms with Crippen molar-refractivity contribution in [1.82, 2.24) is 9.97 Å². The van der Waals surface area contributed by atoms with Gasteiger partial charge in [0.25, 0.3) is 0 Å². The van der Waals surface area contributed by atoms with Crippen LogP contribution in [0.5, 0.6) is 0 Å². The van der Waals surface area contributed by atoms with E-state index in [4.69, 9.17) is 5.73 Å². The first-order chi connectivity index (χ1) is 7.45. The number of carbonyl (C=O) groups is 1. The molecule has 1 aromatic heterocycles. The van der Waals surface area contributed by atoms with E-state index in [1.807, 2.05) is 4.98 Å². The van der Waals surface area contributed by atoms with Gasteiger partial charge < -0.3 is 15.8 Å². The quantitative estimate of drug-likeness (QED) is 0.349. The molecule has 0 amide bonds. The van der Waals surface area contributed by atoms with E-state index < -0.39 is 22.2 Å². The maximum absolute atomic E-state index is 11.2. The largest absolute Gasteiger partial charge is 0.375 e. The highest BCUT2D eigenvalue weighted by Gasteiger charge is 2.22. The zero-order valence-electron chi connectivity index (χ0n) is 8.26. The highest BCUT2D eigenvalue weighted by atomic mass is 16.6. The lowest BCUT2D eigenvalue weighted by Crippen LogP contribution is -2.23. The SMILES string of the molecule is C[C@H](C=O)Nc1nc(N)[nH]c(=O)c1[N+](=O)[O-]. The second-order valence-electron chi connectivity index (χ2n) is 2.97. The first kappa shape index (κ1) is 11.6. The Balaban J connectivity index is 3.29. The molecule has 86 valence electrons. The number of aromatic amines is 1. The van der Waals surface area contributed by atoms with Gasteiger partial charge in [-0.05, 0) is 6.92 Å². The fraction of sp³-hybridized carbons (Fsp3) is 0.286. The van der Waals surface area contributed by atoms with Gasteiger partial charge in [-0.15, -0.1) is 0 Å². The molecule has 0 spiro atoms. The third-order valence-electron chi connectivity index (χ3n) is 1.66. The number of rotatable bonds is 4. The summed E-state index contributed by atoms with van der Waals surface area (Å²) in [5.41, 5.74) is 3.48. The lowest BCUT2D eigenvalue weighted by Gasteiger charge is -2.07. The predicted molar refractivity (Wildman–Crippen MR) is 55.1 cm³/mol. The molecule has 9 heteroatoms. The molecule has 0 aromatic carbocycles. The van der Waals surface area contributed by atoms with Gasteiger partial charge in [-0.1, -0.05) is 0 Å². The third-order valence-corrected chi connectivity index (χ3v) is 1.66. The first-order valence-corrected chi connectivity index (χ1v) is 4.21. The first-order valence-electron chi connectivity index (χ1n) is 4.21. The molecule has 9 nitrogen and oxygen atoms in total. The van der Waals surface area contributed by atoms with E-state index in [1.54, 1.807) is 0 Å². The molecule has 4 N–H and O–H groups in total. The molecule has 1 aromatic rings. The van der Waals surface area contributed by atoms with Crippen molar-refractivity contribution < 1.29 is 9.72 Å². The summed E-state index contributed by atoms with van der Waals surface area (Å²) in [7, 11) is 0. The molecule has 1 heterocycles. The smallest absolute Gasteiger partial charge is 0.369 e. The summed E-state index contributed by atoms with van der Waals surface area (Å²) in [6, 6.07) is -0.715. The second kappa shape index (κ2) is 4.38. The number of aromatic nitrogens is 2. The number of aldehydes is 1. The van der Waals surface area contributed by atoms with Gasteiger partial charge in [0.1, 0.15) is 6.29 Å². The van der Waals surface area contributed by atoms with Gasteiger partial charge in [0, 0.05) is 0 Å².